The molecule has 4 aromatic carbocycles. The van der Waals surface area contributed by atoms with Crippen molar-refractivity contribution in [1.82, 2.24) is 45.0 Å². The van der Waals surface area contributed by atoms with Gasteiger partial charge in [-0.3, -0.25) is 0 Å². The van der Waals surface area contributed by atoms with E-state index in [2.05, 4.69) is 47.1 Å². The van der Waals surface area contributed by atoms with Gasteiger partial charge in [0.1, 0.15) is 22.7 Å². The third-order valence-corrected chi connectivity index (χ3v) is 7.86. The fourth-order valence-corrected chi connectivity index (χ4v) is 6.29. The molecular weight excluding hydrogens is 518 g/mol. The number of para-hydroxylation sites is 3. The molecule has 10 nitrogen and oxygen atoms in total. The minimum absolute atomic E-state index is 0.652. The smallest absolute Gasteiger partial charge is 0.285 e. The summed E-state index contributed by atoms with van der Waals surface area (Å²) < 4.78 is 12.8. The van der Waals surface area contributed by atoms with E-state index >= 15 is 0 Å². The molecule has 7 aromatic rings. The van der Waals surface area contributed by atoms with Crippen molar-refractivity contribution in [3.05, 3.63) is 109 Å². The van der Waals surface area contributed by atoms with Crippen molar-refractivity contribution in [3.63, 3.8) is 0 Å². The minimum Gasteiger partial charge on any atom is -0.404 e. The zero-order valence-electron chi connectivity index (χ0n) is 22.3. The number of aromatic nitrogens is 9. The van der Waals surface area contributed by atoms with Gasteiger partial charge in [-0.1, -0.05) is 82.4 Å². The van der Waals surface area contributed by atoms with Gasteiger partial charge in [0.15, 0.2) is 8.32 Å². The van der Waals surface area contributed by atoms with Crippen molar-refractivity contribution in [2.24, 2.45) is 0 Å². The first-order valence-corrected chi connectivity index (χ1v) is 16.5. The molecule has 1 atom stereocenters. The van der Waals surface area contributed by atoms with Crippen molar-refractivity contribution in [2.45, 2.75) is 31.5 Å². The number of fused-ring (bicyclic) bond motifs is 3. The molecule has 0 spiro atoms. The summed E-state index contributed by atoms with van der Waals surface area (Å²) in [4.78, 5) is 0. The van der Waals surface area contributed by atoms with E-state index < -0.39 is 20.2 Å². The van der Waals surface area contributed by atoms with Crippen LogP contribution in [0.2, 0.25) is 19.6 Å². The highest BCUT2D eigenvalue weighted by Gasteiger charge is 2.53. The number of hydrogen-bond acceptors (Lipinski definition) is 7. The monoisotopic (exact) mass is 545 g/mol. The lowest BCUT2D eigenvalue weighted by Crippen LogP contribution is -2.56. The van der Waals surface area contributed by atoms with E-state index in [4.69, 9.17) is 20.1 Å². The van der Waals surface area contributed by atoms with Crippen LogP contribution in [-0.4, -0.2) is 53.3 Å². The molecule has 0 saturated heterocycles. The van der Waals surface area contributed by atoms with Crippen LogP contribution in [0, 0.1) is 0 Å². The van der Waals surface area contributed by atoms with Crippen molar-refractivity contribution in [3.8, 4) is 0 Å². The maximum atomic E-state index is 7.18. The summed E-state index contributed by atoms with van der Waals surface area (Å²) >= 11 is 0. The van der Waals surface area contributed by atoms with Gasteiger partial charge in [-0.05, 0) is 61.6 Å². The van der Waals surface area contributed by atoms with Crippen molar-refractivity contribution in [2.75, 3.05) is 0 Å². The van der Waals surface area contributed by atoms with E-state index in [9.17, 15) is 0 Å². The summed E-state index contributed by atoms with van der Waals surface area (Å²) in [6.45, 7) is 6.52. The highest BCUT2D eigenvalue weighted by atomic mass is 28.4. The Labute approximate surface area is 230 Å². The molecule has 3 aromatic heterocycles. The Bertz CT molecular complexity index is 1780. The highest BCUT2D eigenvalue weighted by Crippen LogP contribution is 2.43. The van der Waals surface area contributed by atoms with Gasteiger partial charge >= 0.3 is 0 Å². The summed E-state index contributed by atoms with van der Waals surface area (Å²) in [6, 6.07) is 33.8. The molecule has 40 heavy (non-hydrogen) atoms. The molecule has 0 bridgehead atoms. The number of benzene rings is 4. The Balaban J connectivity index is 1.72. The number of rotatable bonds is 7. The van der Waals surface area contributed by atoms with Crippen LogP contribution in [0.15, 0.2) is 103 Å². The SMILES string of the molecule is C[Si](C)(C)OC(c1ccccc1)C(n1nnc2ccccc21)(n1nnc2ccccc21)n1nnc2ccccc21. The molecule has 0 radical (unpaired) electrons. The second-order valence-corrected chi connectivity index (χ2v) is 15.1. The molecule has 0 aliphatic heterocycles. The summed E-state index contributed by atoms with van der Waals surface area (Å²) in [6.07, 6.45) is -0.652. The third kappa shape index (κ3) is 3.73. The van der Waals surface area contributed by atoms with Gasteiger partial charge in [-0.25, -0.2) is 0 Å². The first kappa shape index (κ1) is 24.3. The van der Waals surface area contributed by atoms with Crippen LogP contribution in [0.5, 0.6) is 0 Å². The molecular formula is C29H27N9OSi. The molecule has 11 heteroatoms. The Kier molecular flexibility index (Phi) is 5.58. The van der Waals surface area contributed by atoms with Crippen LogP contribution >= 0.6 is 0 Å². The fourth-order valence-electron chi connectivity index (χ4n) is 5.29. The minimum atomic E-state index is -2.24. The standard InChI is InChI=1S/C29H27N9OSi/c1-40(2,3)39-28(21-13-5-4-6-14-21)29(36-25-18-10-7-15-22(25)30-33-36,37-26-19-11-8-16-23(26)31-34-37)38-27-20-12-9-17-24(27)32-35-38/h4-20,28H,1-3H3. The summed E-state index contributed by atoms with van der Waals surface area (Å²) in [7, 11) is -2.24. The lowest BCUT2D eigenvalue weighted by Gasteiger charge is -2.43. The Morgan fingerprint density at radius 2 is 0.925 bits per heavy atom. The van der Waals surface area contributed by atoms with Crippen LogP contribution in [0.25, 0.3) is 33.1 Å². The molecule has 0 aliphatic carbocycles. The molecule has 0 aliphatic rings. The Morgan fingerprint density at radius 3 is 1.32 bits per heavy atom. The zero-order valence-corrected chi connectivity index (χ0v) is 23.3. The van der Waals surface area contributed by atoms with Gasteiger partial charge in [-0.15, -0.1) is 15.3 Å². The van der Waals surface area contributed by atoms with E-state index in [0.717, 1.165) is 38.7 Å². The van der Waals surface area contributed by atoms with Crippen LogP contribution in [0.4, 0.5) is 0 Å². The molecule has 3 heterocycles. The molecule has 0 saturated carbocycles. The van der Waals surface area contributed by atoms with Crippen LogP contribution in [0.3, 0.4) is 0 Å². The molecule has 0 N–H and O–H groups in total. The second kappa shape index (κ2) is 9.18. The molecule has 0 amide bonds. The average Bonchev–Trinajstić information content (AvgIpc) is 3.71. The highest BCUT2D eigenvalue weighted by molar-refractivity contribution is 6.69. The zero-order chi connectivity index (χ0) is 27.3. The van der Waals surface area contributed by atoms with Crippen LogP contribution in [0.1, 0.15) is 11.7 Å². The van der Waals surface area contributed by atoms with E-state index in [1.807, 2.05) is 105 Å². The number of nitrogens with zero attached hydrogens (tertiary/aromatic N) is 9. The van der Waals surface area contributed by atoms with Crippen LogP contribution < -0.4 is 0 Å². The lowest BCUT2D eigenvalue weighted by atomic mass is 10.0. The van der Waals surface area contributed by atoms with Gasteiger partial charge in [-0.2, -0.15) is 14.0 Å². The predicted octanol–water partition coefficient (Wildman–Crippen LogP) is 5.22. The number of hydrogen-bond donors (Lipinski definition) is 0. The van der Waals surface area contributed by atoms with Gasteiger partial charge in [0.25, 0.3) is 5.79 Å². The first-order chi connectivity index (χ1) is 19.5. The van der Waals surface area contributed by atoms with E-state index in [1.165, 1.54) is 0 Å². The maximum Gasteiger partial charge on any atom is 0.285 e. The van der Waals surface area contributed by atoms with Gasteiger partial charge < -0.3 is 4.43 Å². The topological polar surface area (TPSA) is 101 Å². The quantitative estimate of drug-likeness (QED) is 0.253. The van der Waals surface area contributed by atoms with Gasteiger partial charge in [0, 0.05) is 0 Å². The average molecular weight is 546 g/mol. The first-order valence-electron chi connectivity index (χ1n) is 13.1. The third-order valence-electron chi connectivity index (χ3n) is 6.92. The second-order valence-electron chi connectivity index (χ2n) is 10.7. The van der Waals surface area contributed by atoms with E-state index in [-0.39, 0.29) is 0 Å². The van der Waals surface area contributed by atoms with E-state index in [0.29, 0.717) is 0 Å². The summed E-state index contributed by atoms with van der Waals surface area (Å²) in [5.41, 5.74) is 5.52. The van der Waals surface area contributed by atoms with E-state index in [1.54, 1.807) is 0 Å². The van der Waals surface area contributed by atoms with Gasteiger partial charge in [0.05, 0.1) is 16.6 Å². The van der Waals surface area contributed by atoms with Crippen molar-refractivity contribution >= 4 is 41.4 Å². The molecule has 1 unspecified atom stereocenters. The maximum absolute atomic E-state index is 7.18. The lowest BCUT2D eigenvalue weighted by molar-refractivity contribution is -0.0231. The normalized spacial score (nSPS) is 13.4. The fraction of sp³-hybridized carbons (Fsp3) is 0.172. The molecule has 7 rings (SSSR count). The van der Waals surface area contributed by atoms with Crippen LogP contribution in [-0.2, 0) is 10.2 Å². The van der Waals surface area contributed by atoms with Gasteiger partial charge in [0.2, 0.25) is 0 Å². The Morgan fingerprint density at radius 1 is 0.550 bits per heavy atom. The molecule has 0 fully saturated rings. The predicted molar refractivity (Wildman–Crippen MR) is 155 cm³/mol. The largest absolute Gasteiger partial charge is 0.404 e. The van der Waals surface area contributed by atoms with Crippen molar-refractivity contribution < 1.29 is 4.43 Å². The Hall–Kier alpha value is -4.74. The van der Waals surface area contributed by atoms with Crippen molar-refractivity contribution in [1.29, 1.82) is 0 Å². The molecule has 198 valence electrons. The summed E-state index contributed by atoms with van der Waals surface area (Å²) in [5.74, 6) is -1.37. The summed E-state index contributed by atoms with van der Waals surface area (Å²) in [5, 5.41) is 28.1.